The number of benzene rings is 1. The molecular weight excluding hydrogens is 270 g/mol. The first-order valence-corrected chi connectivity index (χ1v) is 7.16. The lowest BCUT2D eigenvalue weighted by atomic mass is 9.98. The number of hydrogen-bond donors (Lipinski definition) is 2. The smallest absolute Gasteiger partial charge is 0.293 e. The minimum Gasteiger partial charge on any atom is -0.379 e. The van der Waals surface area contributed by atoms with Crippen LogP contribution in [0.5, 0.6) is 0 Å². The Kier molecular flexibility index (Phi) is 5.69. The fourth-order valence-electron chi connectivity index (χ4n) is 2.31. The van der Waals surface area contributed by atoms with Gasteiger partial charge in [-0.25, -0.2) is 0 Å². The van der Waals surface area contributed by atoms with E-state index in [0.717, 1.165) is 12.8 Å². The molecule has 1 aromatic carbocycles. The van der Waals surface area contributed by atoms with E-state index in [0.29, 0.717) is 12.1 Å². The second-order valence-electron chi connectivity index (χ2n) is 5.58. The molecule has 0 heterocycles. The molecule has 0 aliphatic carbocycles. The van der Waals surface area contributed by atoms with Gasteiger partial charge >= 0.3 is 0 Å². The first-order valence-electron chi connectivity index (χ1n) is 7.16. The van der Waals surface area contributed by atoms with E-state index in [-0.39, 0.29) is 22.8 Å². The summed E-state index contributed by atoms with van der Waals surface area (Å²) in [6, 6.07) is 4.52. The van der Waals surface area contributed by atoms with Gasteiger partial charge in [0, 0.05) is 18.2 Å². The summed E-state index contributed by atoms with van der Waals surface area (Å²) >= 11 is 0. The van der Waals surface area contributed by atoms with Crippen LogP contribution in [0, 0.1) is 10.1 Å². The number of nitro groups is 1. The van der Waals surface area contributed by atoms with Crippen molar-refractivity contribution in [2.24, 2.45) is 0 Å². The van der Waals surface area contributed by atoms with Crippen LogP contribution >= 0.6 is 0 Å². The van der Waals surface area contributed by atoms with Crippen molar-refractivity contribution in [3.63, 3.8) is 0 Å². The topological polar surface area (TPSA) is 84.3 Å². The standard InChI is InChI=1S/C15H23N3O3/c1-5-10-15(3,4)17-14(19)11-8-7-9-12(18(20)21)13(11)16-6-2/h7-9,16H,5-6,10H2,1-4H3,(H,17,19). The van der Waals surface area contributed by atoms with Gasteiger partial charge < -0.3 is 10.6 Å². The zero-order valence-corrected chi connectivity index (χ0v) is 13.0. The first kappa shape index (κ1) is 16.9. The molecule has 0 fully saturated rings. The van der Waals surface area contributed by atoms with Gasteiger partial charge in [0.15, 0.2) is 0 Å². The van der Waals surface area contributed by atoms with Crippen molar-refractivity contribution in [1.82, 2.24) is 5.32 Å². The second kappa shape index (κ2) is 7.06. The van der Waals surface area contributed by atoms with E-state index in [9.17, 15) is 14.9 Å². The fourth-order valence-corrected chi connectivity index (χ4v) is 2.31. The molecule has 6 heteroatoms. The summed E-state index contributed by atoms with van der Waals surface area (Å²) < 4.78 is 0. The number of carbonyl (C=O) groups excluding carboxylic acids is 1. The Bertz CT molecular complexity index is 527. The van der Waals surface area contributed by atoms with E-state index >= 15 is 0 Å². The summed E-state index contributed by atoms with van der Waals surface area (Å²) in [5, 5.41) is 17.0. The third-order valence-electron chi connectivity index (χ3n) is 3.16. The molecular formula is C15H23N3O3. The van der Waals surface area contributed by atoms with Crippen molar-refractivity contribution < 1.29 is 9.72 Å². The van der Waals surface area contributed by atoms with Gasteiger partial charge in [-0.1, -0.05) is 19.4 Å². The highest BCUT2D eigenvalue weighted by atomic mass is 16.6. The average molecular weight is 293 g/mol. The van der Waals surface area contributed by atoms with Crippen molar-refractivity contribution in [2.75, 3.05) is 11.9 Å². The van der Waals surface area contributed by atoms with Crippen molar-refractivity contribution >= 4 is 17.3 Å². The van der Waals surface area contributed by atoms with E-state index in [4.69, 9.17) is 0 Å². The maximum absolute atomic E-state index is 12.4. The van der Waals surface area contributed by atoms with Gasteiger partial charge in [-0.2, -0.15) is 0 Å². The second-order valence-corrected chi connectivity index (χ2v) is 5.58. The maximum Gasteiger partial charge on any atom is 0.293 e. The molecule has 0 unspecified atom stereocenters. The first-order chi connectivity index (χ1) is 9.82. The van der Waals surface area contributed by atoms with E-state index in [1.807, 2.05) is 27.7 Å². The lowest BCUT2D eigenvalue weighted by Crippen LogP contribution is -2.43. The average Bonchev–Trinajstić information content (AvgIpc) is 2.38. The molecule has 0 saturated heterocycles. The molecule has 0 radical (unpaired) electrons. The lowest BCUT2D eigenvalue weighted by molar-refractivity contribution is -0.384. The highest BCUT2D eigenvalue weighted by molar-refractivity contribution is 6.02. The van der Waals surface area contributed by atoms with Crippen LogP contribution < -0.4 is 10.6 Å². The van der Waals surface area contributed by atoms with E-state index in [2.05, 4.69) is 10.6 Å². The summed E-state index contributed by atoms with van der Waals surface area (Å²) in [5.74, 6) is -0.298. The van der Waals surface area contributed by atoms with Crippen LogP contribution in [0.15, 0.2) is 18.2 Å². The SMILES string of the molecule is CCCC(C)(C)NC(=O)c1cccc([N+](=O)[O-])c1NCC. The molecule has 2 N–H and O–H groups in total. The van der Waals surface area contributed by atoms with E-state index in [1.54, 1.807) is 6.07 Å². The number of carbonyl (C=O) groups is 1. The molecule has 0 saturated carbocycles. The number of amides is 1. The van der Waals surface area contributed by atoms with E-state index in [1.165, 1.54) is 12.1 Å². The van der Waals surface area contributed by atoms with E-state index < -0.39 is 4.92 Å². The summed E-state index contributed by atoms with van der Waals surface area (Å²) in [6.45, 7) is 8.27. The lowest BCUT2D eigenvalue weighted by Gasteiger charge is -2.26. The van der Waals surface area contributed by atoms with Crippen LogP contribution in [0.2, 0.25) is 0 Å². The molecule has 1 rings (SSSR count). The Morgan fingerprint density at radius 3 is 2.52 bits per heavy atom. The predicted octanol–water partition coefficient (Wildman–Crippen LogP) is 3.34. The zero-order chi connectivity index (χ0) is 16.0. The largest absolute Gasteiger partial charge is 0.379 e. The molecule has 6 nitrogen and oxygen atoms in total. The van der Waals surface area contributed by atoms with Gasteiger partial charge in [0.25, 0.3) is 11.6 Å². The molecule has 1 aromatic rings. The monoisotopic (exact) mass is 293 g/mol. The normalized spacial score (nSPS) is 11.0. The van der Waals surface area contributed by atoms with Crippen molar-refractivity contribution in [1.29, 1.82) is 0 Å². The van der Waals surface area contributed by atoms with Crippen LogP contribution in [0.3, 0.4) is 0 Å². The fraction of sp³-hybridized carbons (Fsp3) is 0.533. The van der Waals surface area contributed by atoms with Gasteiger partial charge in [0.2, 0.25) is 0 Å². The number of para-hydroxylation sites is 1. The van der Waals surface area contributed by atoms with Crippen LogP contribution in [0.1, 0.15) is 50.9 Å². The van der Waals surface area contributed by atoms with Crippen LogP contribution in [-0.2, 0) is 0 Å². The van der Waals surface area contributed by atoms with Crippen molar-refractivity contribution in [3.05, 3.63) is 33.9 Å². The highest BCUT2D eigenvalue weighted by Gasteiger charge is 2.25. The Balaban J connectivity index is 3.14. The van der Waals surface area contributed by atoms with Crippen LogP contribution in [0.25, 0.3) is 0 Å². The van der Waals surface area contributed by atoms with Gasteiger partial charge in [0.05, 0.1) is 10.5 Å². The number of nitrogens with zero attached hydrogens (tertiary/aromatic N) is 1. The summed E-state index contributed by atoms with van der Waals surface area (Å²) in [5.41, 5.74) is 0.141. The summed E-state index contributed by atoms with van der Waals surface area (Å²) in [4.78, 5) is 23.0. The molecule has 0 bridgehead atoms. The maximum atomic E-state index is 12.4. The number of nitro benzene ring substituents is 1. The predicted molar refractivity (Wildman–Crippen MR) is 83.7 cm³/mol. The minimum atomic E-state index is -0.480. The molecule has 0 aromatic heterocycles. The summed E-state index contributed by atoms with van der Waals surface area (Å²) in [7, 11) is 0. The molecule has 1 amide bonds. The van der Waals surface area contributed by atoms with Gasteiger partial charge in [-0.15, -0.1) is 0 Å². The Labute approximate surface area is 125 Å². The van der Waals surface area contributed by atoms with Crippen LogP contribution in [-0.4, -0.2) is 22.9 Å². The van der Waals surface area contributed by atoms with Gasteiger partial charge in [0.1, 0.15) is 5.69 Å². The number of rotatable bonds is 7. The zero-order valence-electron chi connectivity index (χ0n) is 13.0. The molecule has 0 aliphatic rings. The van der Waals surface area contributed by atoms with Gasteiger partial charge in [-0.3, -0.25) is 14.9 Å². The van der Waals surface area contributed by atoms with Crippen LogP contribution in [0.4, 0.5) is 11.4 Å². The van der Waals surface area contributed by atoms with Crippen molar-refractivity contribution in [2.45, 2.75) is 46.1 Å². The third-order valence-corrected chi connectivity index (χ3v) is 3.16. The molecule has 0 atom stereocenters. The highest BCUT2D eigenvalue weighted by Crippen LogP contribution is 2.28. The Morgan fingerprint density at radius 1 is 1.33 bits per heavy atom. The van der Waals surface area contributed by atoms with Crippen molar-refractivity contribution in [3.8, 4) is 0 Å². The molecule has 116 valence electrons. The number of hydrogen-bond acceptors (Lipinski definition) is 4. The molecule has 21 heavy (non-hydrogen) atoms. The van der Waals surface area contributed by atoms with Gasteiger partial charge in [-0.05, 0) is 33.3 Å². The quantitative estimate of drug-likeness (QED) is 0.596. The Morgan fingerprint density at radius 2 is 2.00 bits per heavy atom. The minimum absolute atomic E-state index is 0.0854. The Hall–Kier alpha value is -2.11. The number of anilines is 1. The number of nitrogens with one attached hydrogen (secondary N) is 2. The molecule has 0 aliphatic heterocycles. The molecule has 0 spiro atoms. The third kappa shape index (κ3) is 4.44. The summed E-state index contributed by atoms with van der Waals surface area (Å²) in [6.07, 6.45) is 1.78.